The number of nitro benzene ring substituents is 1. The van der Waals surface area contributed by atoms with Crippen LogP contribution in [0.2, 0.25) is 0 Å². The monoisotopic (exact) mass is 356 g/mol. The first-order valence-electron chi connectivity index (χ1n) is 8.31. The van der Waals surface area contributed by atoms with Gasteiger partial charge in [-0.1, -0.05) is 0 Å². The largest absolute Gasteiger partial charge is 0.497 e. The Balaban J connectivity index is 2.07. The topological polar surface area (TPSA) is 81.9 Å². The Morgan fingerprint density at radius 2 is 2.00 bits per heavy atom. The maximum Gasteiger partial charge on any atom is 0.293 e. The Bertz CT molecular complexity index is 837. The van der Waals surface area contributed by atoms with Gasteiger partial charge in [0.05, 0.1) is 25.2 Å². The van der Waals surface area contributed by atoms with Crippen LogP contribution in [0.3, 0.4) is 0 Å². The first-order valence-corrected chi connectivity index (χ1v) is 8.31. The molecule has 0 unspecified atom stereocenters. The van der Waals surface area contributed by atoms with Crippen LogP contribution in [0.4, 0.5) is 11.4 Å². The fraction of sp³-hybridized carbons (Fsp3) is 0.316. The van der Waals surface area contributed by atoms with Crippen LogP contribution < -0.4 is 14.4 Å². The molecule has 3 rings (SSSR count). The second-order valence-electron chi connectivity index (χ2n) is 6.08. The molecule has 1 aliphatic heterocycles. The number of rotatable bonds is 6. The summed E-state index contributed by atoms with van der Waals surface area (Å²) < 4.78 is 10.8. The van der Waals surface area contributed by atoms with Gasteiger partial charge in [-0.05, 0) is 43.2 Å². The number of carbonyl (C=O) groups is 1. The van der Waals surface area contributed by atoms with E-state index in [1.165, 1.54) is 6.07 Å². The van der Waals surface area contributed by atoms with Crippen LogP contribution in [-0.2, 0) is 0 Å². The zero-order valence-electron chi connectivity index (χ0n) is 14.7. The first-order chi connectivity index (χ1) is 12.6. The summed E-state index contributed by atoms with van der Waals surface area (Å²) in [6.45, 7) is 0.687. The minimum atomic E-state index is -0.444. The molecule has 7 heteroatoms. The average Bonchev–Trinajstić information content (AvgIpc) is 3.16. The summed E-state index contributed by atoms with van der Waals surface area (Å²) in [5, 5.41) is 11.5. The second kappa shape index (κ2) is 7.43. The lowest BCUT2D eigenvalue weighted by molar-refractivity contribution is -0.384. The van der Waals surface area contributed by atoms with Crippen molar-refractivity contribution in [1.82, 2.24) is 0 Å². The highest BCUT2D eigenvalue weighted by atomic mass is 16.6. The number of methoxy groups -OCH3 is 2. The molecule has 7 nitrogen and oxygen atoms in total. The van der Waals surface area contributed by atoms with E-state index < -0.39 is 4.92 Å². The van der Waals surface area contributed by atoms with Crippen molar-refractivity contribution in [2.45, 2.75) is 18.9 Å². The lowest BCUT2D eigenvalue weighted by Crippen LogP contribution is -2.24. The van der Waals surface area contributed by atoms with E-state index >= 15 is 0 Å². The third-order valence-corrected chi connectivity index (χ3v) is 4.69. The molecule has 0 aromatic heterocycles. The predicted octanol–water partition coefficient (Wildman–Crippen LogP) is 3.77. The van der Waals surface area contributed by atoms with Gasteiger partial charge in [0.2, 0.25) is 0 Å². The van der Waals surface area contributed by atoms with Crippen LogP contribution >= 0.6 is 0 Å². The van der Waals surface area contributed by atoms with E-state index in [1.807, 2.05) is 23.1 Å². The molecule has 1 aliphatic rings. The van der Waals surface area contributed by atoms with Gasteiger partial charge in [0.15, 0.2) is 0 Å². The van der Waals surface area contributed by atoms with Gasteiger partial charge >= 0.3 is 0 Å². The van der Waals surface area contributed by atoms with E-state index in [2.05, 4.69) is 0 Å². The number of nitro groups is 1. The Morgan fingerprint density at radius 1 is 1.19 bits per heavy atom. The number of nitrogens with zero attached hydrogens (tertiary/aromatic N) is 2. The van der Waals surface area contributed by atoms with Crippen LogP contribution in [-0.4, -0.2) is 32.0 Å². The summed E-state index contributed by atoms with van der Waals surface area (Å²) in [5.74, 6) is 1.42. The quantitative estimate of drug-likeness (QED) is 0.445. The van der Waals surface area contributed by atoms with Crippen molar-refractivity contribution < 1.29 is 19.2 Å². The molecule has 0 saturated carbocycles. The predicted molar refractivity (Wildman–Crippen MR) is 97.4 cm³/mol. The highest BCUT2D eigenvalue weighted by Gasteiger charge is 2.32. The maximum atomic E-state index is 11.5. The Labute approximate surface area is 151 Å². The number of anilines is 1. The van der Waals surface area contributed by atoms with Crippen LogP contribution in [0.25, 0.3) is 0 Å². The van der Waals surface area contributed by atoms with Gasteiger partial charge < -0.3 is 14.4 Å². The fourth-order valence-electron chi connectivity index (χ4n) is 3.48. The van der Waals surface area contributed by atoms with Crippen molar-refractivity contribution in [3.8, 4) is 11.5 Å². The number of ether oxygens (including phenoxy) is 2. The van der Waals surface area contributed by atoms with Crippen molar-refractivity contribution in [3.05, 3.63) is 57.6 Å². The normalized spacial score (nSPS) is 16.4. The summed E-state index contributed by atoms with van der Waals surface area (Å²) in [5.41, 5.74) is 1.66. The van der Waals surface area contributed by atoms with Gasteiger partial charge in [-0.3, -0.25) is 14.9 Å². The zero-order valence-corrected chi connectivity index (χ0v) is 14.7. The van der Waals surface area contributed by atoms with Crippen molar-refractivity contribution in [3.63, 3.8) is 0 Å². The number of benzene rings is 2. The zero-order chi connectivity index (χ0) is 18.7. The lowest BCUT2D eigenvalue weighted by atomic mass is 10.0. The molecular formula is C19H20N2O5. The van der Waals surface area contributed by atoms with Gasteiger partial charge in [0.1, 0.15) is 23.5 Å². The van der Waals surface area contributed by atoms with Crippen molar-refractivity contribution in [2.75, 3.05) is 25.7 Å². The van der Waals surface area contributed by atoms with E-state index in [9.17, 15) is 14.9 Å². The Kier molecular flexibility index (Phi) is 5.06. The molecule has 0 N–H and O–H groups in total. The minimum Gasteiger partial charge on any atom is -0.497 e. The number of hydrogen-bond donors (Lipinski definition) is 0. The molecular weight excluding hydrogens is 336 g/mol. The van der Waals surface area contributed by atoms with E-state index in [-0.39, 0.29) is 17.3 Å². The van der Waals surface area contributed by atoms with Crippen molar-refractivity contribution in [2.24, 2.45) is 0 Å². The molecule has 0 aliphatic carbocycles. The van der Waals surface area contributed by atoms with Crippen LogP contribution in [0, 0.1) is 10.1 Å². The van der Waals surface area contributed by atoms with E-state index in [1.54, 1.807) is 26.4 Å². The third-order valence-electron chi connectivity index (χ3n) is 4.69. The maximum absolute atomic E-state index is 11.5. The summed E-state index contributed by atoms with van der Waals surface area (Å²) >= 11 is 0. The molecule has 1 atom stereocenters. The van der Waals surface area contributed by atoms with Crippen LogP contribution in [0.1, 0.15) is 34.8 Å². The number of carbonyl (C=O) groups excluding carboxylic acids is 1. The molecule has 2 aromatic rings. The Hall–Kier alpha value is -3.09. The van der Waals surface area contributed by atoms with Crippen LogP contribution in [0.15, 0.2) is 36.4 Å². The lowest BCUT2D eigenvalue weighted by Gasteiger charge is -2.28. The van der Waals surface area contributed by atoms with Crippen molar-refractivity contribution in [1.29, 1.82) is 0 Å². The van der Waals surface area contributed by atoms with Gasteiger partial charge in [0, 0.05) is 23.7 Å². The molecule has 26 heavy (non-hydrogen) atoms. The molecule has 0 amide bonds. The number of hydrogen-bond acceptors (Lipinski definition) is 6. The highest BCUT2D eigenvalue weighted by Crippen LogP contribution is 2.44. The molecule has 1 heterocycles. The first kappa shape index (κ1) is 17.7. The van der Waals surface area contributed by atoms with E-state index in [0.717, 1.165) is 24.2 Å². The summed E-state index contributed by atoms with van der Waals surface area (Å²) in [6.07, 6.45) is 2.36. The molecule has 1 saturated heterocycles. The van der Waals surface area contributed by atoms with E-state index in [4.69, 9.17) is 9.47 Å². The summed E-state index contributed by atoms with van der Waals surface area (Å²) in [6, 6.07) is 10.1. The summed E-state index contributed by atoms with van der Waals surface area (Å²) in [7, 11) is 3.20. The minimum absolute atomic E-state index is 0.0663. The van der Waals surface area contributed by atoms with Gasteiger partial charge in [-0.2, -0.15) is 0 Å². The molecule has 2 aromatic carbocycles. The third kappa shape index (κ3) is 3.20. The van der Waals surface area contributed by atoms with Crippen LogP contribution in [0.5, 0.6) is 11.5 Å². The highest BCUT2D eigenvalue weighted by molar-refractivity contribution is 5.80. The van der Waals surface area contributed by atoms with E-state index in [0.29, 0.717) is 24.3 Å². The van der Waals surface area contributed by atoms with Crippen molar-refractivity contribution >= 4 is 17.7 Å². The molecule has 0 bridgehead atoms. The van der Waals surface area contributed by atoms with Gasteiger partial charge in [0.25, 0.3) is 5.69 Å². The second-order valence-corrected chi connectivity index (χ2v) is 6.08. The van der Waals surface area contributed by atoms with Gasteiger partial charge in [-0.15, -0.1) is 0 Å². The molecule has 1 fully saturated rings. The average molecular weight is 356 g/mol. The fourth-order valence-corrected chi connectivity index (χ4v) is 3.48. The molecule has 0 radical (unpaired) electrons. The summed E-state index contributed by atoms with van der Waals surface area (Å²) in [4.78, 5) is 24.1. The SMILES string of the molecule is COc1ccc(OC)c([C@H]2CCCN2c2ccc(C=O)cc2[N+](=O)[O-])c1. The molecule has 136 valence electrons. The number of aldehydes is 1. The smallest absolute Gasteiger partial charge is 0.293 e. The Morgan fingerprint density at radius 3 is 2.65 bits per heavy atom. The molecule has 0 spiro atoms. The van der Waals surface area contributed by atoms with Gasteiger partial charge in [-0.25, -0.2) is 0 Å². The standard InChI is InChI=1S/C19H20N2O5/c1-25-14-6-8-19(26-2)15(11-14)16-4-3-9-20(16)17-7-5-13(12-22)10-18(17)21(23)24/h5-8,10-12,16H,3-4,9H2,1-2H3/t16-/m1/s1.